The maximum Gasteiger partial charge on any atom is 0.327 e. The summed E-state index contributed by atoms with van der Waals surface area (Å²) >= 11 is 0. The molecule has 0 aliphatic rings. The third-order valence-electron chi connectivity index (χ3n) is 2.83. The molecule has 1 radical (unpaired) electrons. The van der Waals surface area contributed by atoms with E-state index in [0.29, 0.717) is 22.6 Å². The zero-order valence-electron chi connectivity index (χ0n) is 10.4. The van der Waals surface area contributed by atoms with E-state index in [0.717, 1.165) is 0 Å². The molecule has 3 aromatic rings. The SMILES string of the molecule is Cn1c(=O)[nH]c2c(N[C]=O)nc(-c3cccnc3)nc21. The average Bonchev–Trinajstić information content (AvgIpc) is 2.76. The van der Waals surface area contributed by atoms with E-state index < -0.39 is 0 Å². The van der Waals surface area contributed by atoms with Gasteiger partial charge in [0.1, 0.15) is 5.52 Å². The fourth-order valence-corrected chi connectivity index (χ4v) is 1.86. The number of rotatable bonds is 3. The normalized spacial score (nSPS) is 10.7. The molecule has 3 rings (SSSR count). The first-order valence-corrected chi connectivity index (χ1v) is 5.71. The highest BCUT2D eigenvalue weighted by Gasteiger charge is 2.14. The summed E-state index contributed by atoms with van der Waals surface area (Å²) < 4.78 is 1.34. The van der Waals surface area contributed by atoms with Crippen LogP contribution in [0.3, 0.4) is 0 Å². The van der Waals surface area contributed by atoms with Crippen molar-refractivity contribution >= 4 is 23.4 Å². The first-order chi connectivity index (χ1) is 9.70. The molecule has 2 N–H and O–H groups in total. The van der Waals surface area contributed by atoms with Crippen LogP contribution in [-0.4, -0.2) is 30.9 Å². The van der Waals surface area contributed by atoms with Crippen LogP contribution in [0.25, 0.3) is 22.6 Å². The van der Waals surface area contributed by atoms with Crippen molar-refractivity contribution in [3.63, 3.8) is 0 Å². The van der Waals surface area contributed by atoms with Crippen molar-refractivity contribution < 1.29 is 4.79 Å². The number of carbonyl (C=O) groups excluding carboxylic acids is 1. The van der Waals surface area contributed by atoms with Gasteiger partial charge in [-0.3, -0.25) is 14.3 Å². The van der Waals surface area contributed by atoms with Gasteiger partial charge in [-0.1, -0.05) is 0 Å². The Morgan fingerprint density at radius 1 is 1.40 bits per heavy atom. The van der Waals surface area contributed by atoms with Gasteiger partial charge >= 0.3 is 12.1 Å². The summed E-state index contributed by atoms with van der Waals surface area (Å²) in [5, 5.41) is 2.34. The first-order valence-electron chi connectivity index (χ1n) is 5.71. The number of nitrogens with one attached hydrogen (secondary N) is 2. The molecule has 3 heterocycles. The third-order valence-corrected chi connectivity index (χ3v) is 2.83. The van der Waals surface area contributed by atoms with Gasteiger partial charge in [0, 0.05) is 25.0 Å². The summed E-state index contributed by atoms with van der Waals surface area (Å²) in [6.07, 6.45) is 4.78. The van der Waals surface area contributed by atoms with Gasteiger partial charge in [0.05, 0.1) is 0 Å². The van der Waals surface area contributed by atoms with E-state index in [1.807, 2.05) is 0 Å². The number of amides is 1. The van der Waals surface area contributed by atoms with Crippen LogP contribution in [0.4, 0.5) is 5.82 Å². The monoisotopic (exact) mass is 269 g/mol. The minimum absolute atomic E-state index is 0.196. The Morgan fingerprint density at radius 2 is 2.25 bits per heavy atom. The van der Waals surface area contributed by atoms with Crippen molar-refractivity contribution in [1.29, 1.82) is 0 Å². The largest absolute Gasteiger partial charge is 0.327 e. The Kier molecular flexibility index (Phi) is 2.75. The van der Waals surface area contributed by atoms with Gasteiger partial charge in [-0.25, -0.2) is 14.8 Å². The molecule has 0 atom stereocenters. The summed E-state index contributed by atoms with van der Waals surface area (Å²) in [5.74, 6) is 0.555. The standard InChI is InChI=1S/C12H9N6O2/c1-18-11-8(15-12(18)20)10(14-6-19)16-9(17-11)7-3-2-4-13-5-7/h2-5H,1H3,(H,15,20)(H,14,16,17,19). The molecular weight excluding hydrogens is 260 g/mol. The smallest absolute Gasteiger partial charge is 0.301 e. The maximum absolute atomic E-state index is 11.6. The van der Waals surface area contributed by atoms with Crippen molar-refractivity contribution in [2.24, 2.45) is 7.05 Å². The van der Waals surface area contributed by atoms with Crippen molar-refractivity contribution in [2.75, 3.05) is 5.32 Å². The number of pyridine rings is 1. The zero-order valence-corrected chi connectivity index (χ0v) is 10.4. The Labute approximate surface area is 112 Å². The quantitative estimate of drug-likeness (QED) is 0.660. The van der Waals surface area contributed by atoms with Crippen molar-refractivity contribution in [3.8, 4) is 11.4 Å². The summed E-state index contributed by atoms with van der Waals surface area (Å²) in [6, 6.07) is 3.53. The second-order valence-corrected chi connectivity index (χ2v) is 4.05. The predicted octanol–water partition coefficient (Wildman–Crippen LogP) is 0.198. The van der Waals surface area contributed by atoms with Gasteiger partial charge in [-0.2, -0.15) is 0 Å². The summed E-state index contributed by atoms with van der Waals surface area (Å²) in [5.41, 5.74) is 1.08. The molecule has 0 spiro atoms. The van der Waals surface area contributed by atoms with Gasteiger partial charge in [-0.05, 0) is 12.1 Å². The fourth-order valence-electron chi connectivity index (χ4n) is 1.86. The lowest BCUT2D eigenvalue weighted by atomic mass is 10.2. The van der Waals surface area contributed by atoms with Crippen LogP contribution >= 0.6 is 0 Å². The molecule has 8 heteroatoms. The zero-order chi connectivity index (χ0) is 14.1. The van der Waals surface area contributed by atoms with Crippen molar-refractivity contribution in [3.05, 3.63) is 35.0 Å². The minimum Gasteiger partial charge on any atom is -0.301 e. The molecule has 0 saturated carbocycles. The molecule has 8 nitrogen and oxygen atoms in total. The lowest BCUT2D eigenvalue weighted by molar-refractivity contribution is 0.561. The third kappa shape index (κ3) is 1.83. The Balaban J connectivity index is 2.32. The molecule has 3 aromatic heterocycles. The number of imidazole rings is 1. The van der Waals surface area contributed by atoms with E-state index in [-0.39, 0.29) is 11.5 Å². The number of fused-ring (bicyclic) bond motifs is 1. The molecule has 20 heavy (non-hydrogen) atoms. The number of H-pyrrole nitrogens is 1. The summed E-state index contributed by atoms with van der Waals surface area (Å²) in [7, 11) is 1.58. The summed E-state index contributed by atoms with van der Waals surface area (Å²) in [6.45, 7) is 0. The highest BCUT2D eigenvalue weighted by atomic mass is 16.1. The lowest BCUT2D eigenvalue weighted by Gasteiger charge is -2.04. The highest BCUT2D eigenvalue weighted by molar-refractivity contribution is 5.90. The second kappa shape index (κ2) is 4.57. The number of aromatic amines is 1. The number of hydrogen-bond acceptors (Lipinski definition) is 5. The Hall–Kier alpha value is -3.03. The molecule has 0 bridgehead atoms. The molecule has 1 amide bonds. The minimum atomic E-state index is -0.341. The van der Waals surface area contributed by atoms with E-state index in [9.17, 15) is 9.59 Å². The number of nitrogens with zero attached hydrogens (tertiary/aromatic N) is 4. The van der Waals surface area contributed by atoms with Crippen LogP contribution in [-0.2, 0) is 11.8 Å². The van der Waals surface area contributed by atoms with Crippen molar-refractivity contribution in [1.82, 2.24) is 24.5 Å². The molecule has 0 aliphatic heterocycles. The molecule has 0 fully saturated rings. The van der Waals surface area contributed by atoms with Crippen molar-refractivity contribution in [2.45, 2.75) is 0 Å². The Morgan fingerprint density at radius 3 is 2.95 bits per heavy atom. The van der Waals surface area contributed by atoms with Crippen LogP contribution < -0.4 is 11.0 Å². The van der Waals surface area contributed by atoms with Crippen LogP contribution in [0.1, 0.15) is 0 Å². The van der Waals surface area contributed by atoms with E-state index >= 15 is 0 Å². The fraction of sp³-hybridized carbons (Fsp3) is 0.0833. The van der Waals surface area contributed by atoms with Gasteiger partial charge in [0.25, 0.3) is 0 Å². The van der Waals surface area contributed by atoms with Crippen LogP contribution in [0.5, 0.6) is 0 Å². The van der Waals surface area contributed by atoms with E-state index in [2.05, 4.69) is 25.3 Å². The Bertz CT molecular complexity index is 836. The van der Waals surface area contributed by atoms with E-state index in [1.165, 1.54) is 4.57 Å². The van der Waals surface area contributed by atoms with Gasteiger partial charge < -0.3 is 10.3 Å². The lowest BCUT2D eigenvalue weighted by Crippen LogP contribution is -2.12. The number of hydrogen-bond donors (Lipinski definition) is 2. The second-order valence-electron chi connectivity index (χ2n) is 4.05. The summed E-state index contributed by atoms with van der Waals surface area (Å²) in [4.78, 5) is 37.3. The van der Waals surface area contributed by atoms with E-state index in [4.69, 9.17) is 0 Å². The van der Waals surface area contributed by atoms with Crippen LogP contribution in [0.15, 0.2) is 29.3 Å². The first kappa shape index (κ1) is 12.0. The maximum atomic E-state index is 11.6. The number of aromatic nitrogens is 5. The molecular formula is C12H9N6O2. The van der Waals surface area contributed by atoms with Gasteiger partial charge in [-0.15, -0.1) is 0 Å². The van der Waals surface area contributed by atoms with E-state index in [1.54, 1.807) is 38.0 Å². The average molecular weight is 269 g/mol. The van der Waals surface area contributed by atoms with Gasteiger partial charge in [0.2, 0.25) is 0 Å². The topological polar surface area (TPSA) is 106 Å². The van der Waals surface area contributed by atoms with Crippen LogP contribution in [0, 0.1) is 0 Å². The molecule has 0 aliphatic carbocycles. The number of anilines is 1. The predicted molar refractivity (Wildman–Crippen MR) is 71.7 cm³/mol. The molecule has 99 valence electrons. The highest BCUT2D eigenvalue weighted by Crippen LogP contribution is 2.21. The van der Waals surface area contributed by atoms with Crippen LogP contribution in [0.2, 0.25) is 0 Å². The molecule has 0 unspecified atom stereocenters. The molecule has 0 aromatic carbocycles. The van der Waals surface area contributed by atoms with Gasteiger partial charge in [0.15, 0.2) is 17.3 Å². The molecule has 0 saturated heterocycles. The number of aryl methyl sites for hydroxylation is 1.